The summed E-state index contributed by atoms with van der Waals surface area (Å²) in [5, 5.41) is 0. The van der Waals surface area contributed by atoms with Crippen LogP contribution < -0.4 is 5.73 Å². The lowest BCUT2D eigenvalue weighted by atomic mass is 10.2. The molecule has 0 bridgehead atoms. The first-order valence-electron chi connectivity index (χ1n) is 3.59. The Morgan fingerprint density at radius 2 is 2.09 bits per heavy atom. The Bertz CT molecular complexity index is 188. The van der Waals surface area contributed by atoms with Crippen molar-refractivity contribution in [2.24, 2.45) is 5.73 Å². The monoisotopic (exact) mass is 181 g/mol. The van der Waals surface area contributed by atoms with Gasteiger partial charge < -0.3 is 5.73 Å². The molecular formula is C6H15NO3S. The average Bonchev–Trinajstić information content (AvgIpc) is 1.79. The predicted octanol–water partition coefficient (Wildman–Crippen LogP) is 0.438. The zero-order valence-corrected chi connectivity index (χ0v) is 7.73. The molecule has 0 rings (SSSR count). The molecule has 0 amide bonds. The molecule has 2 N–H and O–H groups in total. The molecule has 5 heteroatoms. The van der Waals surface area contributed by atoms with Gasteiger partial charge >= 0.3 is 0 Å². The van der Waals surface area contributed by atoms with Crippen LogP contribution in [0.1, 0.15) is 26.2 Å². The van der Waals surface area contributed by atoms with Crippen molar-refractivity contribution in [2.75, 3.05) is 6.26 Å². The molecule has 11 heavy (non-hydrogen) atoms. The summed E-state index contributed by atoms with van der Waals surface area (Å²) in [6.07, 6.45) is 2.78. The van der Waals surface area contributed by atoms with Crippen LogP contribution in [-0.2, 0) is 14.3 Å². The third kappa shape index (κ3) is 7.77. The number of unbranched alkanes of at least 4 members (excludes halogenated alkanes) is 1. The zero-order chi connectivity index (χ0) is 8.91. The van der Waals surface area contributed by atoms with Crippen molar-refractivity contribution in [3.63, 3.8) is 0 Å². The van der Waals surface area contributed by atoms with Crippen molar-refractivity contribution in [1.29, 1.82) is 0 Å². The molecule has 4 nitrogen and oxygen atoms in total. The molecule has 0 fully saturated rings. The number of hydrogen-bond donors (Lipinski definition) is 1. The van der Waals surface area contributed by atoms with Crippen molar-refractivity contribution in [1.82, 2.24) is 0 Å². The summed E-state index contributed by atoms with van der Waals surface area (Å²) in [4.78, 5) is 0. The van der Waals surface area contributed by atoms with Crippen molar-refractivity contribution in [3.05, 3.63) is 0 Å². The fourth-order valence-electron chi connectivity index (χ4n) is 0.678. The Balaban J connectivity index is 3.61. The van der Waals surface area contributed by atoms with E-state index in [9.17, 15) is 8.42 Å². The first kappa shape index (κ1) is 10.9. The van der Waals surface area contributed by atoms with Gasteiger partial charge in [-0.2, -0.15) is 8.42 Å². The Hall–Kier alpha value is -0.130. The van der Waals surface area contributed by atoms with Crippen molar-refractivity contribution < 1.29 is 12.6 Å². The normalized spacial score (nSPS) is 14.8. The van der Waals surface area contributed by atoms with Crippen LogP contribution in [0.15, 0.2) is 0 Å². The number of rotatable bonds is 5. The fourth-order valence-corrected chi connectivity index (χ4v) is 1.22. The molecule has 0 aliphatic rings. The maximum Gasteiger partial charge on any atom is 0.265 e. The lowest BCUT2D eigenvalue weighted by Crippen LogP contribution is -2.26. The largest absolute Gasteiger partial charge is 0.305 e. The summed E-state index contributed by atoms with van der Waals surface area (Å²) in [6, 6.07) is 0. The van der Waals surface area contributed by atoms with Gasteiger partial charge in [0.1, 0.15) is 6.23 Å². The highest BCUT2D eigenvalue weighted by Crippen LogP contribution is 2.01. The standard InChI is InChI=1S/C6H15NO3S/c1-3-4-5-6(7)10-11(2,8)9/h6H,3-5,7H2,1-2H3. The van der Waals surface area contributed by atoms with E-state index in [0.717, 1.165) is 19.1 Å². The van der Waals surface area contributed by atoms with Gasteiger partial charge in [0, 0.05) is 0 Å². The molecule has 0 aromatic rings. The molecule has 0 spiro atoms. The summed E-state index contributed by atoms with van der Waals surface area (Å²) in [7, 11) is -3.38. The molecule has 0 saturated carbocycles. The van der Waals surface area contributed by atoms with E-state index < -0.39 is 16.3 Å². The summed E-state index contributed by atoms with van der Waals surface area (Å²) in [5.74, 6) is 0. The molecule has 0 aromatic carbocycles. The maximum absolute atomic E-state index is 10.5. The van der Waals surface area contributed by atoms with Gasteiger partial charge in [-0.25, -0.2) is 0 Å². The molecular weight excluding hydrogens is 166 g/mol. The summed E-state index contributed by atoms with van der Waals surface area (Å²) in [5.41, 5.74) is 5.34. The topological polar surface area (TPSA) is 69.4 Å². The molecule has 0 heterocycles. The summed E-state index contributed by atoms with van der Waals surface area (Å²) in [6.45, 7) is 2.01. The second-order valence-corrected chi connectivity index (χ2v) is 4.08. The van der Waals surface area contributed by atoms with Gasteiger partial charge in [-0.1, -0.05) is 13.3 Å². The van der Waals surface area contributed by atoms with Crippen LogP contribution in [0.4, 0.5) is 0 Å². The van der Waals surface area contributed by atoms with E-state index in [4.69, 9.17) is 5.73 Å². The minimum atomic E-state index is -3.38. The van der Waals surface area contributed by atoms with E-state index in [1.165, 1.54) is 0 Å². The number of nitrogens with two attached hydrogens (primary N) is 1. The molecule has 0 saturated heterocycles. The summed E-state index contributed by atoms with van der Waals surface area (Å²) < 4.78 is 25.5. The quantitative estimate of drug-likeness (QED) is 0.493. The van der Waals surface area contributed by atoms with E-state index in [1.807, 2.05) is 6.92 Å². The van der Waals surface area contributed by atoms with E-state index >= 15 is 0 Å². The predicted molar refractivity (Wildman–Crippen MR) is 43.4 cm³/mol. The summed E-state index contributed by atoms with van der Waals surface area (Å²) >= 11 is 0. The number of hydrogen-bond acceptors (Lipinski definition) is 4. The first-order chi connectivity index (χ1) is 4.95. The molecule has 0 aliphatic heterocycles. The van der Waals surface area contributed by atoms with E-state index in [1.54, 1.807) is 0 Å². The highest BCUT2D eigenvalue weighted by molar-refractivity contribution is 7.86. The van der Waals surface area contributed by atoms with Crippen molar-refractivity contribution >= 4 is 10.1 Å². The lowest BCUT2D eigenvalue weighted by molar-refractivity contribution is 0.205. The van der Waals surface area contributed by atoms with Crippen LogP contribution in [-0.4, -0.2) is 20.9 Å². The van der Waals surface area contributed by atoms with Crippen LogP contribution in [0.3, 0.4) is 0 Å². The highest BCUT2D eigenvalue weighted by atomic mass is 32.2. The van der Waals surface area contributed by atoms with E-state index in [0.29, 0.717) is 6.42 Å². The van der Waals surface area contributed by atoms with Crippen molar-refractivity contribution in [2.45, 2.75) is 32.4 Å². The Morgan fingerprint density at radius 3 is 2.45 bits per heavy atom. The Morgan fingerprint density at radius 1 is 1.55 bits per heavy atom. The molecule has 0 radical (unpaired) electrons. The van der Waals surface area contributed by atoms with Crippen LogP contribution >= 0.6 is 0 Å². The second-order valence-electron chi connectivity index (χ2n) is 2.48. The van der Waals surface area contributed by atoms with Crippen LogP contribution in [0.25, 0.3) is 0 Å². The van der Waals surface area contributed by atoms with Gasteiger partial charge in [0.25, 0.3) is 10.1 Å². The average molecular weight is 181 g/mol. The highest BCUT2D eigenvalue weighted by Gasteiger charge is 2.08. The van der Waals surface area contributed by atoms with Gasteiger partial charge in [-0.05, 0) is 12.8 Å². The Kier molecular flexibility index (Phi) is 4.63. The lowest BCUT2D eigenvalue weighted by Gasteiger charge is -2.09. The van der Waals surface area contributed by atoms with Crippen LogP contribution in [0.2, 0.25) is 0 Å². The van der Waals surface area contributed by atoms with Gasteiger partial charge in [-0.3, -0.25) is 4.18 Å². The van der Waals surface area contributed by atoms with Crippen molar-refractivity contribution in [3.8, 4) is 0 Å². The van der Waals surface area contributed by atoms with E-state index in [-0.39, 0.29) is 0 Å². The minimum Gasteiger partial charge on any atom is -0.305 e. The van der Waals surface area contributed by atoms with Crippen LogP contribution in [0.5, 0.6) is 0 Å². The third-order valence-corrected chi connectivity index (χ3v) is 1.74. The van der Waals surface area contributed by atoms with Gasteiger partial charge in [0.2, 0.25) is 0 Å². The smallest absolute Gasteiger partial charge is 0.265 e. The zero-order valence-electron chi connectivity index (χ0n) is 6.91. The van der Waals surface area contributed by atoms with Gasteiger partial charge in [0.15, 0.2) is 0 Å². The molecule has 0 aromatic heterocycles. The van der Waals surface area contributed by atoms with Crippen LogP contribution in [0, 0.1) is 0 Å². The van der Waals surface area contributed by atoms with Gasteiger partial charge in [0.05, 0.1) is 6.26 Å². The maximum atomic E-state index is 10.5. The molecule has 1 unspecified atom stereocenters. The third-order valence-electron chi connectivity index (χ3n) is 1.14. The van der Waals surface area contributed by atoms with Gasteiger partial charge in [-0.15, -0.1) is 0 Å². The SMILES string of the molecule is CCCCC(N)OS(C)(=O)=O. The first-order valence-corrected chi connectivity index (χ1v) is 5.41. The fraction of sp³-hybridized carbons (Fsp3) is 1.00. The minimum absolute atomic E-state index is 0.587. The molecule has 68 valence electrons. The Labute approximate surface area is 67.9 Å². The molecule has 1 atom stereocenters. The molecule has 0 aliphatic carbocycles. The van der Waals surface area contributed by atoms with E-state index in [2.05, 4.69) is 4.18 Å². The second kappa shape index (κ2) is 4.69.